The molecule has 1 aliphatic rings. The van der Waals surface area contributed by atoms with Crippen LogP contribution in [-0.4, -0.2) is 29.9 Å². The number of piperidine rings is 1. The molecule has 0 aliphatic carbocycles. The molecule has 1 rings (SSSR count). The average molecular weight is 268 g/mol. The number of nitrogens with two attached hydrogens (primary N) is 1. The number of hydrogen-bond donors (Lipinski definition) is 1. The first-order valence-electron chi connectivity index (χ1n) is 7.72. The number of carbonyl (C=O) groups is 1. The molecule has 112 valence electrons. The van der Waals surface area contributed by atoms with E-state index in [1.54, 1.807) is 0 Å². The maximum Gasteiger partial charge on any atom is 0.223 e. The Bertz CT molecular complexity index is 296. The first-order chi connectivity index (χ1) is 8.73. The lowest BCUT2D eigenvalue weighted by atomic mass is 9.83. The standard InChI is InChI=1S/C16H32N2O/c1-12-6-7-18(14(8-12)11-17)15(19)9-13(2)10-16(3,4)5/h12-14H,6-11,17H2,1-5H3. The third-order valence-electron chi connectivity index (χ3n) is 4.05. The Morgan fingerprint density at radius 1 is 1.42 bits per heavy atom. The van der Waals surface area contributed by atoms with E-state index < -0.39 is 0 Å². The minimum Gasteiger partial charge on any atom is -0.338 e. The Morgan fingerprint density at radius 3 is 2.58 bits per heavy atom. The normalized spacial score (nSPS) is 26.3. The summed E-state index contributed by atoms with van der Waals surface area (Å²) in [7, 11) is 0. The van der Waals surface area contributed by atoms with E-state index in [0.29, 0.717) is 36.1 Å². The van der Waals surface area contributed by atoms with Crippen molar-refractivity contribution in [3.8, 4) is 0 Å². The van der Waals surface area contributed by atoms with Crippen molar-refractivity contribution in [1.29, 1.82) is 0 Å². The van der Waals surface area contributed by atoms with Crippen LogP contribution in [0.4, 0.5) is 0 Å². The molecular weight excluding hydrogens is 236 g/mol. The quantitative estimate of drug-likeness (QED) is 0.852. The minimum atomic E-state index is 0.262. The zero-order chi connectivity index (χ0) is 14.6. The van der Waals surface area contributed by atoms with Gasteiger partial charge in [-0.1, -0.05) is 34.6 Å². The van der Waals surface area contributed by atoms with Crippen molar-refractivity contribution in [3.63, 3.8) is 0 Å². The molecule has 0 spiro atoms. The Balaban J connectivity index is 2.52. The van der Waals surface area contributed by atoms with E-state index in [1.807, 2.05) is 4.90 Å². The van der Waals surface area contributed by atoms with Crippen molar-refractivity contribution in [3.05, 3.63) is 0 Å². The van der Waals surface area contributed by atoms with Gasteiger partial charge in [0.15, 0.2) is 0 Å². The third kappa shape index (κ3) is 5.52. The maximum absolute atomic E-state index is 12.4. The largest absolute Gasteiger partial charge is 0.338 e. The van der Waals surface area contributed by atoms with Gasteiger partial charge in [-0.05, 0) is 36.5 Å². The minimum absolute atomic E-state index is 0.262. The SMILES string of the molecule is CC1CCN(C(=O)CC(C)CC(C)(C)C)C(CN)C1. The molecule has 0 bridgehead atoms. The van der Waals surface area contributed by atoms with Crippen LogP contribution < -0.4 is 5.73 Å². The molecule has 0 aromatic rings. The maximum atomic E-state index is 12.4. The van der Waals surface area contributed by atoms with Gasteiger partial charge < -0.3 is 10.6 Å². The van der Waals surface area contributed by atoms with Crippen molar-refractivity contribution in [2.45, 2.75) is 66.3 Å². The molecule has 2 N–H and O–H groups in total. The van der Waals surface area contributed by atoms with Crippen LogP contribution in [-0.2, 0) is 4.79 Å². The number of likely N-dealkylation sites (tertiary alicyclic amines) is 1. The van der Waals surface area contributed by atoms with Gasteiger partial charge in [0, 0.05) is 25.6 Å². The molecule has 3 atom stereocenters. The van der Waals surface area contributed by atoms with E-state index in [9.17, 15) is 4.79 Å². The predicted octanol–water partition coefficient (Wildman–Crippen LogP) is 3.03. The number of rotatable bonds is 4. The van der Waals surface area contributed by atoms with E-state index in [4.69, 9.17) is 5.73 Å². The van der Waals surface area contributed by atoms with Crippen molar-refractivity contribution in [1.82, 2.24) is 4.90 Å². The van der Waals surface area contributed by atoms with E-state index in [2.05, 4.69) is 34.6 Å². The molecule has 19 heavy (non-hydrogen) atoms. The number of amides is 1. The number of carbonyl (C=O) groups excluding carboxylic acids is 1. The van der Waals surface area contributed by atoms with Gasteiger partial charge in [0.2, 0.25) is 5.91 Å². The van der Waals surface area contributed by atoms with Crippen LogP contribution in [0, 0.1) is 17.3 Å². The van der Waals surface area contributed by atoms with E-state index >= 15 is 0 Å². The third-order valence-corrected chi connectivity index (χ3v) is 4.05. The summed E-state index contributed by atoms with van der Waals surface area (Å²) in [6, 6.07) is 0.262. The molecule has 1 saturated heterocycles. The number of hydrogen-bond acceptors (Lipinski definition) is 2. The predicted molar refractivity (Wildman–Crippen MR) is 80.8 cm³/mol. The zero-order valence-electron chi connectivity index (χ0n) is 13.4. The van der Waals surface area contributed by atoms with Crippen molar-refractivity contribution in [2.24, 2.45) is 23.0 Å². The van der Waals surface area contributed by atoms with Crippen LogP contribution in [0.25, 0.3) is 0 Å². The van der Waals surface area contributed by atoms with Crippen LogP contribution in [0.15, 0.2) is 0 Å². The van der Waals surface area contributed by atoms with Gasteiger partial charge in [0.05, 0.1) is 0 Å². The first-order valence-corrected chi connectivity index (χ1v) is 7.72. The lowest BCUT2D eigenvalue weighted by Gasteiger charge is -2.38. The fraction of sp³-hybridized carbons (Fsp3) is 0.938. The summed E-state index contributed by atoms with van der Waals surface area (Å²) in [6.07, 6.45) is 3.95. The zero-order valence-corrected chi connectivity index (χ0v) is 13.4. The van der Waals surface area contributed by atoms with Gasteiger partial charge in [-0.3, -0.25) is 4.79 Å². The highest BCUT2D eigenvalue weighted by Crippen LogP contribution is 2.28. The highest BCUT2D eigenvalue weighted by Gasteiger charge is 2.29. The average Bonchev–Trinajstić information content (AvgIpc) is 2.25. The lowest BCUT2D eigenvalue weighted by molar-refractivity contribution is -0.136. The number of nitrogens with zero attached hydrogens (tertiary/aromatic N) is 1. The Hall–Kier alpha value is -0.570. The van der Waals surface area contributed by atoms with Gasteiger partial charge in [0.25, 0.3) is 0 Å². The van der Waals surface area contributed by atoms with Gasteiger partial charge in [-0.2, -0.15) is 0 Å². The van der Waals surface area contributed by atoms with Crippen molar-refractivity contribution >= 4 is 5.91 Å². The molecule has 3 heteroatoms. The van der Waals surface area contributed by atoms with E-state index in [-0.39, 0.29) is 6.04 Å². The Kier molecular flexibility index (Phi) is 5.84. The van der Waals surface area contributed by atoms with Crippen molar-refractivity contribution in [2.75, 3.05) is 13.1 Å². The molecule has 1 aliphatic heterocycles. The monoisotopic (exact) mass is 268 g/mol. The van der Waals surface area contributed by atoms with Crippen LogP contribution in [0.1, 0.15) is 60.3 Å². The van der Waals surface area contributed by atoms with E-state index in [0.717, 1.165) is 25.8 Å². The molecule has 0 radical (unpaired) electrons. The highest BCUT2D eigenvalue weighted by molar-refractivity contribution is 5.76. The summed E-state index contributed by atoms with van der Waals surface area (Å²) in [5.74, 6) is 1.45. The summed E-state index contributed by atoms with van der Waals surface area (Å²) in [6.45, 7) is 12.6. The summed E-state index contributed by atoms with van der Waals surface area (Å²) in [5.41, 5.74) is 6.13. The summed E-state index contributed by atoms with van der Waals surface area (Å²) >= 11 is 0. The van der Waals surface area contributed by atoms with Crippen LogP contribution >= 0.6 is 0 Å². The van der Waals surface area contributed by atoms with Crippen LogP contribution in [0.2, 0.25) is 0 Å². The molecule has 1 amide bonds. The molecule has 0 aromatic heterocycles. The second-order valence-corrected chi connectivity index (χ2v) is 7.68. The molecule has 1 fully saturated rings. The molecule has 0 aromatic carbocycles. The second kappa shape index (κ2) is 6.74. The highest BCUT2D eigenvalue weighted by atomic mass is 16.2. The molecular formula is C16H32N2O. The molecule has 3 unspecified atom stereocenters. The smallest absolute Gasteiger partial charge is 0.223 e. The summed E-state index contributed by atoms with van der Waals surface area (Å²) in [4.78, 5) is 14.5. The van der Waals surface area contributed by atoms with Crippen LogP contribution in [0.3, 0.4) is 0 Å². The summed E-state index contributed by atoms with van der Waals surface area (Å²) < 4.78 is 0. The van der Waals surface area contributed by atoms with Crippen molar-refractivity contribution < 1.29 is 4.79 Å². The van der Waals surface area contributed by atoms with Gasteiger partial charge >= 0.3 is 0 Å². The molecule has 0 saturated carbocycles. The van der Waals surface area contributed by atoms with Gasteiger partial charge in [-0.25, -0.2) is 0 Å². The topological polar surface area (TPSA) is 46.3 Å². The fourth-order valence-electron chi connectivity index (χ4n) is 3.34. The fourth-order valence-corrected chi connectivity index (χ4v) is 3.34. The van der Waals surface area contributed by atoms with E-state index in [1.165, 1.54) is 0 Å². The van der Waals surface area contributed by atoms with Crippen LogP contribution in [0.5, 0.6) is 0 Å². The van der Waals surface area contributed by atoms with Gasteiger partial charge in [-0.15, -0.1) is 0 Å². The first kappa shape index (κ1) is 16.5. The lowest BCUT2D eigenvalue weighted by Crippen LogP contribution is -2.49. The summed E-state index contributed by atoms with van der Waals surface area (Å²) in [5, 5.41) is 0. The molecule has 3 nitrogen and oxygen atoms in total. The van der Waals surface area contributed by atoms with Gasteiger partial charge in [0.1, 0.15) is 0 Å². The Labute approximate surface area is 118 Å². The Morgan fingerprint density at radius 2 is 2.05 bits per heavy atom. The molecule has 1 heterocycles. The second-order valence-electron chi connectivity index (χ2n) is 7.68.